The Labute approximate surface area is 225 Å². The average molecular weight is 567 g/mol. The summed E-state index contributed by atoms with van der Waals surface area (Å²) in [5, 5.41) is 0. The molecule has 0 heterocycles. The number of hydrogen-bond donors (Lipinski definition) is 0. The van der Waals surface area contributed by atoms with Gasteiger partial charge in [-0.25, -0.2) is 0 Å². The van der Waals surface area contributed by atoms with Gasteiger partial charge < -0.3 is 49.2 Å². The molecular formula is H9Al3B3Cr3N8Ni3. The molecule has 0 fully saturated rings. The van der Waals surface area contributed by atoms with Crippen molar-refractivity contribution in [1.82, 2.24) is 0 Å². The number of hydrogen-bond acceptors (Lipinski definition) is 0. The van der Waals surface area contributed by atoms with Crippen LogP contribution in [0.4, 0.5) is 0 Å². The third kappa shape index (κ3) is 506. The topological polar surface area (TPSA) is 244 Å². The Hall–Kier alpha value is 4.55. The smallest absolute Gasteiger partial charge is 3.00 e. The minimum absolute atomic E-state index is 0. The van der Waals surface area contributed by atoms with Gasteiger partial charge in [-0.05, 0) is 0 Å². The summed E-state index contributed by atoms with van der Waals surface area (Å²) < 4.78 is 0. The molecule has 0 aromatic heterocycles. The van der Waals surface area contributed by atoms with Crippen LogP contribution in [-0.2, 0) is 102 Å². The molecule has 0 saturated heterocycles. The van der Waals surface area contributed by atoms with Crippen LogP contribution in [0, 0.1) is 0 Å². The molecule has 0 atom stereocenters. The van der Waals surface area contributed by atoms with E-state index in [2.05, 4.69) is 0 Å². The van der Waals surface area contributed by atoms with Crippen LogP contribution in [0.2, 0.25) is 0 Å². The van der Waals surface area contributed by atoms with Gasteiger partial charge in [-0.2, -0.15) is 0 Å². The standard InChI is InChI=1S/3Al.3BH3.3Cr.8N.3Ni/h;;;3*1H3;;;;;;;;;;;;;;/q3*+3;;;;3*+3;8*-3;3*+2. The summed E-state index contributed by atoms with van der Waals surface area (Å²) in [7, 11) is 0. The Morgan fingerprint density at radius 2 is 0.250 bits per heavy atom. The van der Waals surface area contributed by atoms with Crippen molar-refractivity contribution in [3.63, 3.8) is 0 Å². The number of nitrogens with zero attached hydrogens (tertiary/aromatic N) is 8. The van der Waals surface area contributed by atoms with Crippen molar-refractivity contribution in [3.05, 3.63) is 49.2 Å². The van der Waals surface area contributed by atoms with E-state index in [9.17, 15) is 0 Å². The molecular weight excluding hydrogens is 558 g/mol. The second-order valence-electron chi connectivity index (χ2n) is 0. The van der Waals surface area contributed by atoms with E-state index in [1.165, 1.54) is 0 Å². The quantitative estimate of drug-likeness (QED) is 0.278. The summed E-state index contributed by atoms with van der Waals surface area (Å²) in [6.07, 6.45) is 0. The summed E-state index contributed by atoms with van der Waals surface area (Å²) in [5.41, 5.74) is 0. The largest absolute Gasteiger partial charge is 3.00 e. The molecule has 115 valence electrons. The molecule has 20 heteroatoms. The van der Waals surface area contributed by atoms with Crippen LogP contribution in [0.1, 0.15) is 0 Å². The Balaban J connectivity index is 0. The van der Waals surface area contributed by atoms with Crippen LogP contribution in [0.25, 0.3) is 49.2 Å². The SMILES string of the molecule is B.B.B.[Al+3].[Al+3].[Al+3].[Cr+3].[Cr+3].[Cr+3].[N-3].[N-3].[N-3].[N-3].[N-3].[N-3].[N-3].[N-3].[Ni+2].[Ni+2].[Ni+2]. The van der Waals surface area contributed by atoms with E-state index in [1.54, 1.807) is 0 Å². The predicted octanol–water partition coefficient (Wildman–Crippen LogP) is -2.40. The van der Waals surface area contributed by atoms with Gasteiger partial charge >= 0.3 is 154 Å². The van der Waals surface area contributed by atoms with E-state index in [0.717, 1.165) is 0 Å². The van der Waals surface area contributed by atoms with Gasteiger partial charge in [-0.3, -0.25) is 0 Å². The maximum atomic E-state index is 0. The second kappa shape index (κ2) is 578. The van der Waals surface area contributed by atoms with Crippen LogP contribution >= 0.6 is 0 Å². The van der Waals surface area contributed by atoms with Gasteiger partial charge in [-0.1, -0.05) is 0 Å². The summed E-state index contributed by atoms with van der Waals surface area (Å²) >= 11 is 0. The fraction of sp³-hybridized carbons (Fsp3) is 0. The maximum Gasteiger partial charge on any atom is 3.00 e. The predicted molar refractivity (Wildman–Crippen MR) is 74.0 cm³/mol. The summed E-state index contributed by atoms with van der Waals surface area (Å²) in [6.45, 7) is 0. The van der Waals surface area contributed by atoms with Crippen LogP contribution in [0.15, 0.2) is 0 Å². The Morgan fingerprint density at radius 3 is 0.250 bits per heavy atom. The Morgan fingerprint density at radius 1 is 0.250 bits per heavy atom. The fourth-order valence-corrected chi connectivity index (χ4v) is 0. The molecule has 0 saturated carbocycles. The van der Waals surface area contributed by atoms with Gasteiger partial charge in [0.1, 0.15) is 0 Å². The Kier molecular flexibility index (Phi) is 19000. The summed E-state index contributed by atoms with van der Waals surface area (Å²) in [4.78, 5) is 0. The first-order chi connectivity index (χ1) is 0. The fourth-order valence-electron chi connectivity index (χ4n) is 0. The summed E-state index contributed by atoms with van der Waals surface area (Å²) in [5.74, 6) is 0. The molecule has 0 bridgehead atoms. The molecule has 0 aliphatic carbocycles. The molecule has 0 rings (SSSR count). The van der Waals surface area contributed by atoms with Gasteiger partial charge in [-0.15, -0.1) is 0 Å². The van der Waals surface area contributed by atoms with Crippen molar-refractivity contribution < 1.29 is 102 Å². The molecule has 3 radical (unpaired) electrons. The molecule has 8 nitrogen and oxygen atoms in total. The van der Waals surface area contributed by atoms with Crippen LogP contribution < -0.4 is 0 Å². The summed E-state index contributed by atoms with van der Waals surface area (Å²) in [6, 6.07) is 0. The van der Waals surface area contributed by atoms with E-state index < -0.39 is 0 Å². The Bertz CT molecular complexity index is 43.4. The molecule has 0 aliphatic heterocycles. The molecule has 0 aromatic carbocycles. The van der Waals surface area contributed by atoms with E-state index in [4.69, 9.17) is 0 Å². The van der Waals surface area contributed by atoms with Crippen molar-refractivity contribution in [3.8, 4) is 0 Å². The van der Waals surface area contributed by atoms with E-state index in [0.29, 0.717) is 0 Å². The van der Waals surface area contributed by atoms with Crippen LogP contribution in [0.3, 0.4) is 0 Å². The molecule has 20 heavy (non-hydrogen) atoms. The molecule has 0 spiro atoms. The minimum atomic E-state index is 0. The third-order valence-corrected chi connectivity index (χ3v) is 0. The second-order valence-corrected chi connectivity index (χ2v) is 0. The van der Waals surface area contributed by atoms with Crippen molar-refractivity contribution in [1.29, 1.82) is 0 Å². The van der Waals surface area contributed by atoms with Gasteiger partial charge in [0.15, 0.2) is 0 Å². The minimum Gasteiger partial charge on any atom is -3.00 e. The zero-order valence-electron chi connectivity index (χ0n) is 7.48. The van der Waals surface area contributed by atoms with Crippen LogP contribution in [-0.4, -0.2) is 77.3 Å². The average Bonchev–Trinajstić information content (AvgIpc) is 0. The first-order valence-corrected chi connectivity index (χ1v) is 0. The first kappa shape index (κ1) is 658. The van der Waals surface area contributed by atoms with Crippen molar-refractivity contribution in [2.24, 2.45) is 0 Å². The maximum absolute atomic E-state index is 0. The van der Waals surface area contributed by atoms with E-state index in [-0.39, 0.29) is 228 Å². The zero-order chi connectivity index (χ0) is 0. The molecule has 0 aliphatic rings. The molecule has 0 unspecified atom stereocenters. The van der Waals surface area contributed by atoms with E-state index in [1.807, 2.05) is 0 Å². The third-order valence-electron chi connectivity index (χ3n) is 0. The molecule has 0 aromatic rings. The zero-order valence-corrected chi connectivity index (χ0v) is 17.7. The molecule has 0 N–H and O–H groups in total. The van der Waals surface area contributed by atoms with Crippen molar-refractivity contribution in [2.75, 3.05) is 0 Å². The van der Waals surface area contributed by atoms with E-state index >= 15 is 0 Å². The van der Waals surface area contributed by atoms with Gasteiger partial charge in [0.05, 0.1) is 25.2 Å². The van der Waals surface area contributed by atoms with Gasteiger partial charge in [0, 0.05) is 0 Å². The first-order valence-electron chi connectivity index (χ1n) is 0. The van der Waals surface area contributed by atoms with Crippen LogP contribution in [0.5, 0.6) is 0 Å². The monoisotopic (exact) mass is 565 g/mol. The van der Waals surface area contributed by atoms with Crippen molar-refractivity contribution in [2.45, 2.75) is 0 Å². The molecule has 0 amide bonds. The van der Waals surface area contributed by atoms with Gasteiger partial charge in [0.25, 0.3) is 0 Å². The number of rotatable bonds is 0. The normalized spacial score (nSPS) is 0. The van der Waals surface area contributed by atoms with Gasteiger partial charge in [0.2, 0.25) is 0 Å². The van der Waals surface area contributed by atoms with Crippen molar-refractivity contribution >= 4 is 77.3 Å².